The van der Waals surface area contributed by atoms with E-state index in [4.69, 9.17) is 0 Å². The molecule has 2 N–H and O–H groups in total. The van der Waals surface area contributed by atoms with E-state index in [0.717, 1.165) is 35.0 Å². The molecule has 1 aromatic heterocycles. The van der Waals surface area contributed by atoms with Crippen LogP contribution in [0.5, 0.6) is 0 Å². The van der Waals surface area contributed by atoms with Crippen molar-refractivity contribution in [1.82, 2.24) is 20.2 Å². The first-order valence-electron chi connectivity index (χ1n) is 10.7. The van der Waals surface area contributed by atoms with Crippen LogP contribution in [0.2, 0.25) is 0 Å². The second-order valence-electron chi connectivity index (χ2n) is 7.67. The standard InChI is InChI=1S/C25H21F3N4O2S/c26-25(27,28)19-11-12-21-20(13-19)30-24(32(21)15-18-9-5-2-6-10-18)35-16-22(33)31-23(34)29-14-17-7-3-1-4-8-17/h1-13H,14-16H2,(H2,29,31,33,34). The average Bonchev–Trinajstić information content (AvgIpc) is 3.19. The Morgan fingerprint density at radius 1 is 0.914 bits per heavy atom. The zero-order valence-corrected chi connectivity index (χ0v) is 19.2. The summed E-state index contributed by atoms with van der Waals surface area (Å²) in [6, 6.07) is 21.4. The number of hydrogen-bond donors (Lipinski definition) is 2. The largest absolute Gasteiger partial charge is 0.416 e. The lowest BCUT2D eigenvalue weighted by Gasteiger charge is -2.10. The summed E-state index contributed by atoms with van der Waals surface area (Å²) in [4.78, 5) is 28.7. The molecular formula is C25H21F3N4O2S. The van der Waals surface area contributed by atoms with Crippen LogP contribution < -0.4 is 10.6 Å². The van der Waals surface area contributed by atoms with E-state index in [9.17, 15) is 22.8 Å². The first-order chi connectivity index (χ1) is 16.8. The van der Waals surface area contributed by atoms with Crippen molar-refractivity contribution < 1.29 is 22.8 Å². The van der Waals surface area contributed by atoms with Gasteiger partial charge in [-0.2, -0.15) is 13.2 Å². The number of benzene rings is 3. The van der Waals surface area contributed by atoms with Gasteiger partial charge in [0.15, 0.2) is 5.16 Å². The number of alkyl halides is 3. The fourth-order valence-electron chi connectivity index (χ4n) is 3.43. The van der Waals surface area contributed by atoms with Crippen LogP contribution in [0.25, 0.3) is 11.0 Å². The Balaban J connectivity index is 1.47. The Kier molecular flexibility index (Phi) is 7.40. The fourth-order valence-corrected chi connectivity index (χ4v) is 4.24. The maximum atomic E-state index is 13.2. The molecule has 0 saturated carbocycles. The molecule has 3 aromatic carbocycles. The van der Waals surface area contributed by atoms with Gasteiger partial charge >= 0.3 is 12.2 Å². The predicted molar refractivity (Wildman–Crippen MR) is 128 cm³/mol. The van der Waals surface area contributed by atoms with Crippen molar-refractivity contribution in [2.24, 2.45) is 0 Å². The van der Waals surface area contributed by atoms with E-state index in [2.05, 4.69) is 15.6 Å². The molecule has 180 valence electrons. The summed E-state index contributed by atoms with van der Waals surface area (Å²) < 4.78 is 41.3. The van der Waals surface area contributed by atoms with Crippen LogP contribution in [0.4, 0.5) is 18.0 Å². The van der Waals surface area contributed by atoms with Crippen molar-refractivity contribution in [3.05, 3.63) is 95.6 Å². The van der Waals surface area contributed by atoms with Crippen LogP contribution >= 0.6 is 11.8 Å². The molecule has 0 fully saturated rings. The van der Waals surface area contributed by atoms with Gasteiger partial charge in [0.1, 0.15) is 0 Å². The molecule has 0 aliphatic rings. The molecule has 0 aliphatic heterocycles. The lowest BCUT2D eigenvalue weighted by atomic mass is 10.2. The second kappa shape index (κ2) is 10.6. The Labute approximate surface area is 203 Å². The lowest BCUT2D eigenvalue weighted by molar-refractivity contribution is -0.137. The number of hydrogen-bond acceptors (Lipinski definition) is 4. The van der Waals surface area contributed by atoms with Crippen molar-refractivity contribution in [3.8, 4) is 0 Å². The third-order valence-electron chi connectivity index (χ3n) is 5.11. The number of nitrogens with zero attached hydrogens (tertiary/aromatic N) is 2. The summed E-state index contributed by atoms with van der Waals surface area (Å²) in [5.74, 6) is -0.682. The van der Waals surface area contributed by atoms with Gasteiger partial charge in [0.25, 0.3) is 0 Å². The summed E-state index contributed by atoms with van der Waals surface area (Å²) in [7, 11) is 0. The number of carbonyl (C=O) groups excluding carboxylic acids is 2. The molecule has 0 unspecified atom stereocenters. The number of aromatic nitrogens is 2. The molecule has 0 saturated heterocycles. The van der Waals surface area contributed by atoms with E-state index in [1.165, 1.54) is 6.07 Å². The highest BCUT2D eigenvalue weighted by Crippen LogP contribution is 2.33. The number of halogens is 3. The number of carbonyl (C=O) groups is 2. The van der Waals surface area contributed by atoms with E-state index in [-0.39, 0.29) is 17.8 Å². The van der Waals surface area contributed by atoms with E-state index in [1.807, 2.05) is 60.7 Å². The predicted octanol–water partition coefficient (Wildman–Crippen LogP) is 5.22. The summed E-state index contributed by atoms with van der Waals surface area (Å²) in [5, 5.41) is 5.24. The first-order valence-corrected chi connectivity index (χ1v) is 11.6. The molecule has 0 radical (unpaired) electrons. The van der Waals surface area contributed by atoms with Crippen molar-refractivity contribution >= 4 is 34.7 Å². The zero-order valence-electron chi connectivity index (χ0n) is 18.4. The van der Waals surface area contributed by atoms with Crippen LogP contribution in [-0.2, 0) is 24.1 Å². The van der Waals surface area contributed by atoms with Gasteiger partial charge < -0.3 is 9.88 Å². The van der Waals surface area contributed by atoms with Crippen LogP contribution in [0.3, 0.4) is 0 Å². The smallest absolute Gasteiger partial charge is 0.334 e. The van der Waals surface area contributed by atoms with Crippen molar-refractivity contribution in [3.63, 3.8) is 0 Å². The summed E-state index contributed by atoms with van der Waals surface area (Å²) >= 11 is 1.05. The highest BCUT2D eigenvalue weighted by Gasteiger charge is 2.31. The molecule has 3 amide bonds. The normalized spacial score (nSPS) is 11.4. The Hall–Kier alpha value is -3.79. The minimum atomic E-state index is -4.49. The Morgan fingerprint density at radius 2 is 1.57 bits per heavy atom. The van der Waals surface area contributed by atoms with Crippen molar-refractivity contribution in [1.29, 1.82) is 0 Å². The molecule has 35 heavy (non-hydrogen) atoms. The molecule has 4 aromatic rings. The average molecular weight is 499 g/mol. The third-order valence-corrected chi connectivity index (χ3v) is 6.08. The number of imidazole rings is 1. The third kappa shape index (κ3) is 6.42. The second-order valence-corrected chi connectivity index (χ2v) is 8.61. The topological polar surface area (TPSA) is 76.0 Å². The molecule has 1 heterocycles. The number of thioether (sulfide) groups is 1. The molecular weight excluding hydrogens is 477 g/mol. The number of rotatable bonds is 7. The van der Waals surface area contributed by atoms with E-state index in [0.29, 0.717) is 17.2 Å². The van der Waals surface area contributed by atoms with Crippen LogP contribution in [-0.4, -0.2) is 27.2 Å². The first kappa shape index (κ1) is 24.3. The fraction of sp³-hybridized carbons (Fsp3) is 0.160. The Morgan fingerprint density at radius 3 is 2.23 bits per heavy atom. The highest BCUT2D eigenvalue weighted by molar-refractivity contribution is 7.99. The minimum absolute atomic E-state index is 0.136. The summed E-state index contributed by atoms with van der Waals surface area (Å²) in [5.41, 5.74) is 1.72. The molecule has 4 rings (SSSR count). The van der Waals surface area contributed by atoms with Gasteiger partial charge in [0.05, 0.1) is 28.9 Å². The molecule has 0 aliphatic carbocycles. The van der Waals surface area contributed by atoms with Crippen LogP contribution in [0.1, 0.15) is 16.7 Å². The quantitative estimate of drug-likeness (QED) is 0.343. The number of amides is 3. The van der Waals surface area contributed by atoms with Gasteiger partial charge in [0.2, 0.25) is 5.91 Å². The van der Waals surface area contributed by atoms with Gasteiger partial charge in [-0.1, -0.05) is 72.4 Å². The van der Waals surface area contributed by atoms with Crippen LogP contribution in [0, 0.1) is 0 Å². The SMILES string of the molecule is O=C(CSc1nc2cc(C(F)(F)F)ccc2n1Cc1ccccc1)NC(=O)NCc1ccccc1. The van der Waals surface area contributed by atoms with Crippen molar-refractivity contribution in [2.75, 3.05) is 5.75 Å². The molecule has 0 spiro atoms. The number of urea groups is 1. The number of nitrogens with one attached hydrogen (secondary N) is 2. The van der Waals surface area contributed by atoms with E-state index in [1.54, 1.807) is 4.57 Å². The lowest BCUT2D eigenvalue weighted by Crippen LogP contribution is -2.40. The molecule has 0 bridgehead atoms. The van der Waals surface area contributed by atoms with Crippen molar-refractivity contribution in [2.45, 2.75) is 24.4 Å². The minimum Gasteiger partial charge on any atom is -0.334 e. The summed E-state index contributed by atoms with van der Waals surface area (Å²) in [6.45, 7) is 0.631. The number of fused-ring (bicyclic) bond motifs is 1. The maximum Gasteiger partial charge on any atom is 0.416 e. The van der Waals surface area contributed by atoms with Gasteiger partial charge in [-0.25, -0.2) is 9.78 Å². The Bertz CT molecular complexity index is 1330. The van der Waals surface area contributed by atoms with E-state index < -0.39 is 23.7 Å². The zero-order chi connectivity index (χ0) is 24.8. The highest BCUT2D eigenvalue weighted by atomic mass is 32.2. The summed E-state index contributed by atoms with van der Waals surface area (Å²) in [6.07, 6.45) is -4.49. The van der Waals surface area contributed by atoms with Crippen LogP contribution in [0.15, 0.2) is 84.0 Å². The maximum absolute atomic E-state index is 13.2. The van der Waals surface area contributed by atoms with Gasteiger partial charge in [-0.3, -0.25) is 10.1 Å². The van der Waals surface area contributed by atoms with Gasteiger partial charge in [0, 0.05) is 6.54 Å². The molecule has 10 heteroatoms. The monoisotopic (exact) mass is 498 g/mol. The van der Waals surface area contributed by atoms with Gasteiger partial charge in [-0.05, 0) is 29.3 Å². The number of imide groups is 1. The van der Waals surface area contributed by atoms with Gasteiger partial charge in [-0.15, -0.1) is 0 Å². The molecule has 0 atom stereocenters. The van der Waals surface area contributed by atoms with E-state index >= 15 is 0 Å². The molecule has 6 nitrogen and oxygen atoms in total.